The Bertz CT molecular complexity index is 99.9. The molecule has 1 aliphatic heterocycles. The van der Waals surface area contributed by atoms with Gasteiger partial charge in [0.15, 0.2) is 0 Å². The standard InChI is InChI=1S/C9H18O3/c10-5-3-1-2-4-9-8-11-6-7-12-9/h9-10H,1-8H2. The number of aliphatic hydroxyl groups excluding tert-OH is 1. The molecule has 0 aromatic carbocycles. The van der Waals surface area contributed by atoms with E-state index in [-0.39, 0.29) is 0 Å². The number of aliphatic hydroxyl groups is 1. The van der Waals surface area contributed by atoms with E-state index < -0.39 is 0 Å². The molecule has 12 heavy (non-hydrogen) atoms. The molecule has 1 N–H and O–H groups in total. The van der Waals surface area contributed by atoms with Crippen molar-refractivity contribution in [3.8, 4) is 0 Å². The fraction of sp³-hybridized carbons (Fsp3) is 1.00. The van der Waals surface area contributed by atoms with Crippen LogP contribution in [0.4, 0.5) is 0 Å². The first-order chi connectivity index (χ1) is 5.93. The van der Waals surface area contributed by atoms with E-state index in [1.54, 1.807) is 0 Å². The van der Waals surface area contributed by atoms with E-state index in [4.69, 9.17) is 14.6 Å². The minimum absolute atomic E-state index is 0.303. The number of hydrogen-bond acceptors (Lipinski definition) is 3. The predicted octanol–water partition coefficient (Wildman–Crippen LogP) is 0.954. The summed E-state index contributed by atoms with van der Waals surface area (Å²) in [6.45, 7) is 2.54. The summed E-state index contributed by atoms with van der Waals surface area (Å²) >= 11 is 0. The first kappa shape index (κ1) is 9.96. The lowest BCUT2D eigenvalue weighted by atomic mass is 10.1. The summed E-state index contributed by atoms with van der Waals surface area (Å²) in [5, 5.41) is 8.55. The van der Waals surface area contributed by atoms with Crippen LogP contribution in [0.15, 0.2) is 0 Å². The van der Waals surface area contributed by atoms with Crippen LogP contribution in [0.25, 0.3) is 0 Å². The Labute approximate surface area is 73.7 Å². The monoisotopic (exact) mass is 174 g/mol. The highest BCUT2D eigenvalue weighted by atomic mass is 16.6. The molecular formula is C9H18O3. The van der Waals surface area contributed by atoms with E-state index in [1.807, 2.05) is 0 Å². The SMILES string of the molecule is OCCCCCC1COCCO1. The van der Waals surface area contributed by atoms with Gasteiger partial charge in [-0.15, -0.1) is 0 Å². The lowest BCUT2D eigenvalue weighted by molar-refractivity contribution is -0.0912. The molecule has 3 heteroatoms. The second kappa shape index (κ2) is 6.40. The third kappa shape index (κ3) is 4.04. The Balaban J connectivity index is 1.91. The van der Waals surface area contributed by atoms with Gasteiger partial charge in [-0.2, -0.15) is 0 Å². The molecule has 0 amide bonds. The van der Waals surface area contributed by atoms with Crippen LogP contribution in [0, 0.1) is 0 Å². The van der Waals surface area contributed by atoms with Crippen LogP contribution in [0.3, 0.4) is 0 Å². The molecule has 0 aromatic rings. The van der Waals surface area contributed by atoms with Crippen LogP contribution < -0.4 is 0 Å². The largest absolute Gasteiger partial charge is 0.396 e. The fourth-order valence-corrected chi connectivity index (χ4v) is 1.36. The summed E-state index contributed by atoms with van der Waals surface area (Å²) in [6, 6.07) is 0. The topological polar surface area (TPSA) is 38.7 Å². The van der Waals surface area contributed by atoms with Crippen molar-refractivity contribution in [1.82, 2.24) is 0 Å². The Hall–Kier alpha value is -0.120. The molecule has 0 aromatic heterocycles. The van der Waals surface area contributed by atoms with Gasteiger partial charge in [-0.25, -0.2) is 0 Å². The maximum Gasteiger partial charge on any atom is 0.0809 e. The van der Waals surface area contributed by atoms with Gasteiger partial charge >= 0.3 is 0 Å². The third-order valence-electron chi connectivity index (χ3n) is 2.07. The summed E-state index contributed by atoms with van der Waals surface area (Å²) in [7, 11) is 0. The zero-order valence-corrected chi connectivity index (χ0v) is 7.50. The lowest BCUT2D eigenvalue weighted by Gasteiger charge is -2.22. The van der Waals surface area contributed by atoms with Gasteiger partial charge in [0.25, 0.3) is 0 Å². The molecule has 3 nitrogen and oxygen atoms in total. The summed E-state index contributed by atoms with van der Waals surface area (Å²) in [5.74, 6) is 0. The van der Waals surface area contributed by atoms with Crippen LogP contribution in [0.2, 0.25) is 0 Å². The summed E-state index contributed by atoms with van der Waals surface area (Å²) < 4.78 is 10.7. The van der Waals surface area contributed by atoms with Gasteiger partial charge in [0.2, 0.25) is 0 Å². The van der Waals surface area contributed by atoms with E-state index in [9.17, 15) is 0 Å². The molecule has 1 unspecified atom stereocenters. The van der Waals surface area contributed by atoms with Gasteiger partial charge < -0.3 is 14.6 Å². The highest BCUT2D eigenvalue weighted by Crippen LogP contribution is 2.09. The zero-order chi connectivity index (χ0) is 8.65. The van der Waals surface area contributed by atoms with E-state index in [0.717, 1.165) is 45.5 Å². The number of hydrogen-bond donors (Lipinski definition) is 1. The zero-order valence-electron chi connectivity index (χ0n) is 7.50. The molecule has 0 spiro atoms. The van der Waals surface area contributed by atoms with Gasteiger partial charge in [0.1, 0.15) is 0 Å². The minimum Gasteiger partial charge on any atom is -0.396 e. The first-order valence-electron chi connectivity index (χ1n) is 4.73. The van der Waals surface area contributed by atoms with Crippen LogP contribution in [0.5, 0.6) is 0 Å². The molecule has 1 heterocycles. The van der Waals surface area contributed by atoms with Crippen molar-refractivity contribution in [2.75, 3.05) is 26.4 Å². The molecule has 0 bridgehead atoms. The van der Waals surface area contributed by atoms with Crippen LogP contribution in [-0.2, 0) is 9.47 Å². The van der Waals surface area contributed by atoms with Gasteiger partial charge in [-0.1, -0.05) is 12.8 Å². The molecular weight excluding hydrogens is 156 g/mol. The Morgan fingerprint density at radius 1 is 1.17 bits per heavy atom. The number of rotatable bonds is 5. The van der Waals surface area contributed by atoms with E-state index in [1.165, 1.54) is 0 Å². The van der Waals surface area contributed by atoms with Gasteiger partial charge in [-0.3, -0.25) is 0 Å². The Morgan fingerprint density at radius 2 is 2.08 bits per heavy atom. The molecule has 1 saturated heterocycles. The maximum atomic E-state index is 8.55. The maximum absolute atomic E-state index is 8.55. The Morgan fingerprint density at radius 3 is 2.75 bits per heavy atom. The average Bonchev–Trinajstić information content (AvgIpc) is 2.14. The Kier molecular flexibility index (Phi) is 5.32. The smallest absolute Gasteiger partial charge is 0.0809 e. The summed E-state index contributed by atoms with van der Waals surface area (Å²) in [5.41, 5.74) is 0. The number of ether oxygens (including phenoxy) is 2. The van der Waals surface area contributed by atoms with Gasteiger partial charge in [0.05, 0.1) is 25.9 Å². The second-order valence-corrected chi connectivity index (χ2v) is 3.14. The highest BCUT2D eigenvalue weighted by Gasteiger charge is 2.12. The van der Waals surface area contributed by atoms with E-state index >= 15 is 0 Å². The normalized spacial score (nSPS) is 24.2. The molecule has 1 rings (SSSR count). The highest BCUT2D eigenvalue weighted by molar-refractivity contribution is 4.60. The minimum atomic E-state index is 0.303. The quantitative estimate of drug-likeness (QED) is 0.631. The van der Waals surface area contributed by atoms with Crippen molar-refractivity contribution in [1.29, 1.82) is 0 Å². The van der Waals surface area contributed by atoms with Gasteiger partial charge in [-0.05, 0) is 12.8 Å². The summed E-state index contributed by atoms with van der Waals surface area (Å²) in [6.07, 6.45) is 4.51. The third-order valence-corrected chi connectivity index (χ3v) is 2.07. The molecule has 72 valence electrons. The molecule has 0 radical (unpaired) electrons. The summed E-state index contributed by atoms with van der Waals surface area (Å²) in [4.78, 5) is 0. The van der Waals surface area contributed by atoms with Crippen molar-refractivity contribution < 1.29 is 14.6 Å². The second-order valence-electron chi connectivity index (χ2n) is 3.14. The van der Waals surface area contributed by atoms with Crippen LogP contribution >= 0.6 is 0 Å². The molecule has 0 saturated carbocycles. The van der Waals surface area contributed by atoms with Crippen molar-refractivity contribution in [3.05, 3.63) is 0 Å². The van der Waals surface area contributed by atoms with Crippen LogP contribution in [-0.4, -0.2) is 37.6 Å². The van der Waals surface area contributed by atoms with Crippen LogP contribution in [0.1, 0.15) is 25.7 Å². The van der Waals surface area contributed by atoms with E-state index in [0.29, 0.717) is 12.7 Å². The lowest BCUT2D eigenvalue weighted by Crippen LogP contribution is -2.28. The van der Waals surface area contributed by atoms with Crippen molar-refractivity contribution >= 4 is 0 Å². The van der Waals surface area contributed by atoms with Gasteiger partial charge in [0, 0.05) is 6.61 Å². The van der Waals surface area contributed by atoms with E-state index in [2.05, 4.69) is 0 Å². The molecule has 1 atom stereocenters. The molecule has 1 aliphatic rings. The molecule has 0 aliphatic carbocycles. The van der Waals surface area contributed by atoms with Crippen molar-refractivity contribution in [3.63, 3.8) is 0 Å². The van der Waals surface area contributed by atoms with Crippen molar-refractivity contribution in [2.24, 2.45) is 0 Å². The molecule has 1 fully saturated rings. The fourth-order valence-electron chi connectivity index (χ4n) is 1.36. The van der Waals surface area contributed by atoms with Crippen molar-refractivity contribution in [2.45, 2.75) is 31.8 Å². The average molecular weight is 174 g/mol. The predicted molar refractivity (Wildman–Crippen MR) is 46.1 cm³/mol. The first-order valence-corrected chi connectivity index (χ1v) is 4.73. The number of unbranched alkanes of at least 4 members (excludes halogenated alkanes) is 2.